The molecule has 32 heavy (non-hydrogen) atoms. The number of nitrogens with one attached hydrogen (secondary N) is 1. The molecule has 1 fully saturated rings. The van der Waals surface area contributed by atoms with Gasteiger partial charge in [-0.25, -0.2) is 13.8 Å². The van der Waals surface area contributed by atoms with E-state index in [-0.39, 0.29) is 12.5 Å². The summed E-state index contributed by atoms with van der Waals surface area (Å²) >= 11 is 0. The van der Waals surface area contributed by atoms with Crippen LogP contribution >= 0.6 is 0 Å². The number of aromatic nitrogens is 1. The quantitative estimate of drug-likeness (QED) is 0.297. The fourth-order valence-corrected chi connectivity index (χ4v) is 3.53. The van der Waals surface area contributed by atoms with Crippen molar-refractivity contribution < 1.29 is 18.3 Å². The van der Waals surface area contributed by atoms with Crippen LogP contribution in [0.15, 0.2) is 42.0 Å². The first kappa shape index (κ1) is 26.0. The summed E-state index contributed by atoms with van der Waals surface area (Å²) in [4.78, 5) is 18.7. The molecule has 2 heterocycles. The number of carbonyl (C=O) groups is 1. The normalized spacial score (nSPS) is 17.1. The van der Waals surface area contributed by atoms with Crippen LogP contribution in [-0.2, 0) is 10.5 Å². The van der Waals surface area contributed by atoms with Crippen molar-refractivity contribution in [1.29, 1.82) is 0 Å². The summed E-state index contributed by atoms with van der Waals surface area (Å²) in [6.07, 6.45) is 8.02. The second kappa shape index (κ2) is 12.1. The molecule has 0 spiro atoms. The molecule has 7 heteroatoms. The standard InChI is InChI=1S/C25H37F2N3O2/c1-5-7-10-20(9-6-2)23(31)30-16-13-25(27,14-17-30)19-28-15-18-32-22-12-8-11-21(29-22)24(3,4)26/h7-12,28H,5-6,13-19H2,1-4H3/b10-7-,20-9+. The lowest BCUT2D eigenvalue weighted by atomic mass is 9.92. The molecule has 0 unspecified atom stereocenters. The Labute approximate surface area is 190 Å². The molecule has 0 bridgehead atoms. The number of ether oxygens (including phenoxy) is 1. The van der Waals surface area contributed by atoms with Crippen LogP contribution in [0.25, 0.3) is 0 Å². The highest BCUT2D eigenvalue weighted by molar-refractivity contribution is 5.96. The second-order valence-electron chi connectivity index (χ2n) is 8.68. The zero-order chi connectivity index (χ0) is 23.6. The SMILES string of the molecule is CC/C=C\C(=C/CC)C(=O)N1CCC(F)(CNCCOc2cccc(C(C)(C)F)n2)CC1. The van der Waals surface area contributed by atoms with Crippen LogP contribution in [-0.4, -0.2) is 54.2 Å². The monoisotopic (exact) mass is 449 g/mol. The van der Waals surface area contributed by atoms with Crippen LogP contribution < -0.4 is 10.1 Å². The molecule has 1 aliphatic rings. The molecule has 0 aliphatic carbocycles. The van der Waals surface area contributed by atoms with Crippen molar-refractivity contribution in [2.45, 2.75) is 64.7 Å². The van der Waals surface area contributed by atoms with E-state index in [1.165, 1.54) is 13.8 Å². The van der Waals surface area contributed by atoms with Crippen LogP contribution in [0.5, 0.6) is 5.88 Å². The molecule has 1 amide bonds. The van der Waals surface area contributed by atoms with Crippen LogP contribution in [0.3, 0.4) is 0 Å². The van der Waals surface area contributed by atoms with E-state index < -0.39 is 11.3 Å². The second-order valence-corrected chi connectivity index (χ2v) is 8.68. The van der Waals surface area contributed by atoms with Crippen molar-refractivity contribution in [3.63, 3.8) is 0 Å². The number of allylic oxidation sites excluding steroid dienone is 2. The van der Waals surface area contributed by atoms with Gasteiger partial charge in [0.2, 0.25) is 5.88 Å². The minimum Gasteiger partial charge on any atom is -0.476 e. The third-order valence-electron chi connectivity index (χ3n) is 5.45. The minimum atomic E-state index is -1.53. The highest BCUT2D eigenvalue weighted by Crippen LogP contribution is 2.27. The van der Waals surface area contributed by atoms with Gasteiger partial charge in [0.05, 0.1) is 5.69 Å². The maximum atomic E-state index is 15.2. The summed E-state index contributed by atoms with van der Waals surface area (Å²) in [7, 11) is 0. The molecule has 0 saturated carbocycles. The Hall–Kier alpha value is -2.28. The molecule has 0 aromatic carbocycles. The van der Waals surface area contributed by atoms with Crippen LogP contribution in [0.2, 0.25) is 0 Å². The molecular weight excluding hydrogens is 412 g/mol. The zero-order valence-corrected chi connectivity index (χ0v) is 19.8. The summed E-state index contributed by atoms with van der Waals surface area (Å²) in [6.45, 7) is 8.69. The fraction of sp³-hybridized carbons (Fsp3) is 0.600. The van der Waals surface area contributed by atoms with E-state index in [4.69, 9.17) is 4.74 Å². The Bertz CT molecular complexity index is 795. The van der Waals surface area contributed by atoms with E-state index >= 15 is 4.39 Å². The number of likely N-dealkylation sites (tertiary alicyclic amines) is 1. The molecule has 1 saturated heterocycles. The van der Waals surface area contributed by atoms with Crippen molar-refractivity contribution in [3.05, 3.63) is 47.7 Å². The maximum absolute atomic E-state index is 15.2. The lowest BCUT2D eigenvalue weighted by molar-refractivity contribution is -0.129. The Balaban J connectivity index is 1.75. The van der Waals surface area contributed by atoms with Gasteiger partial charge in [0, 0.05) is 50.7 Å². The van der Waals surface area contributed by atoms with Gasteiger partial charge in [-0.1, -0.05) is 38.1 Å². The Morgan fingerprint density at radius 3 is 2.62 bits per heavy atom. The van der Waals surface area contributed by atoms with Gasteiger partial charge in [-0.15, -0.1) is 0 Å². The van der Waals surface area contributed by atoms with Gasteiger partial charge < -0.3 is 15.0 Å². The molecule has 1 aromatic heterocycles. The predicted molar refractivity (Wildman–Crippen MR) is 124 cm³/mol. The van der Waals surface area contributed by atoms with Crippen LogP contribution in [0.1, 0.15) is 59.1 Å². The molecule has 5 nitrogen and oxygen atoms in total. The molecule has 2 rings (SSSR count). The van der Waals surface area contributed by atoms with Crippen molar-refractivity contribution in [1.82, 2.24) is 15.2 Å². The zero-order valence-electron chi connectivity index (χ0n) is 19.8. The van der Waals surface area contributed by atoms with Gasteiger partial charge in [-0.05, 0) is 32.8 Å². The lowest BCUT2D eigenvalue weighted by Gasteiger charge is -2.36. The van der Waals surface area contributed by atoms with Gasteiger partial charge in [0.25, 0.3) is 5.91 Å². The van der Waals surface area contributed by atoms with Gasteiger partial charge >= 0.3 is 0 Å². The number of hydrogen-bond donors (Lipinski definition) is 1. The highest BCUT2D eigenvalue weighted by Gasteiger charge is 2.35. The van der Waals surface area contributed by atoms with E-state index in [9.17, 15) is 9.18 Å². The van der Waals surface area contributed by atoms with E-state index in [1.54, 1.807) is 23.1 Å². The third kappa shape index (κ3) is 8.01. The molecular formula is C25H37F2N3O2. The number of alkyl halides is 2. The first-order valence-electron chi connectivity index (χ1n) is 11.5. The summed E-state index contributed by atoms with van der Waals surface area (Å²) < 4.78 is 34.7. The number of amides is 1. The van der Waals surface area contributed by atoms with Crippen molar-refractivity contribution >= 4 is 5.91 Å². The number of nitrogens with zero attached hydrogens (tertiary/aromatic N) is 2. The predicted octanol–water partition coefficient (Wildman–Crippen LogP) is 4.89. The van der Waals surface area contributed by atoms with Crippen LogP contribution in [0, 0.1) is 0 Å². The molecule has 1 aliphatic heterocycles. The number of rotatable bonds is 11. The Morgan fingerprint density at radius 1 is 1.28 bits per heavy atom. The summed E-state index contributed by atoms with van der Waals surface area (Å²) in [6, 6.07) is 5.00. The van der Waals surface area contributed by atoms with E-state index in [2.05, 4.69) is 10.3 Å². The van der Waals surface area contributed by atoms with Gasteiger partial charge in [-0.2, -0.15) is 0 Å². The molecule has 0 atom stereocenters. The first-order chi connectivity index (χ1) is 15.2. The van der Waals surface area contributed by atoms with Crippen molar-refractivity contribution in [2.24, 2.45) is 0 Å². The number of hydrogen-bond acceptors (Lipinski definition) is 4. The van der Waals surface area contributed by atoms with E-state index in [0.29, 0.717) is 56.2 Å². The lowest BCUT2D eigenvalue weighted by Crippen LogP contribution is -2.49. The average molecular weight is 450 g/mol. The van der Waals surface area contributed by atoms with Crippen LogP contribution in [0.4, 0.5) is 8.78 Å². The molecule has 1 aromatic rings. The Morgan fingerprint density at radius 2 is 2.00 bits per heavy atom. The molecule has 0 radical (unpaired) electrons. The topological polar surface area (TPSA) is 54.5 Å². The summed E-state index contributed by atoms with van der Waals surface area (Å²) in [5, 5.41) is 3.10. The summed E-state index contributed by atoms with van der Waals surface area (Å²) in [5.41, 5.74) is -1.88. The Kier molecular flexibility index (Phi) is 9.82. The third-order valence-corrected chi connectivity index (χ3v) is 5.45. The highest BCUT2D eigenvalue weighted by atomic mass is 19.1. The molecule has 1 N–H and O–H groups in total. The fourth-order valence-electron chi connectivity index (χ4n) is 3.53. The largest absolute Gasteiger partial charge is 0.476 e. The van der Waals surface area contributed by atoms with E-state index in [0.717, 1.165) is 12.8 Å². The number of pyridine rings is 1. The minimum absolute atomic E-state index is 0.0221. The van der Waals surface area contributed by atoms with Crippen molar-refractivity contribution in [2.75, 3.05) is 32.8 Å². The smallest absolute Gasteiger partial charge is 0.253 e. The molecule has 178 valence electrons. The number of halogens is 2. The van der Waals surface area contributed by atoms with E-state index in [1.807, 2.05) is 32.1 Å². The number of carbonyl (C=O) groups excluding carboxylic acids is 1. The van der Waals surface area contributed by atoms with Crippen molar-refractivity contribution in [3.8, 4) is 5.88 Å². The maximum Gasteiger partial charge on any atom is 0.253 e. The van der Waals surface area contributed by atoms with Gasteiger partial charge in [0.15, 0.2) is 0 Å². The first-order valence-corrected chi connectivity index (χ1v) is 11.5. The number of piperidine rings is 1. The average Bonchev–Trinajstić information content (AvgIpc) is 2.76. The summed E-state index contributed by atoms with van der Waals surface area (Å²) in [5.74, 6) is 0.330. The van der Waals surface area contributed by atoms with Gasteiger partial charge in [0.1, 0.15) is 17.9 Å². The van der Waals surface area contributed by atoms with Gasteiger partial charge in [-0.3, -0.25) is 4.79 Å².